The van der Waals surface area contributed by atoms with Gasteiger partial charge in [-0.2, -0.15) is 0 Å². The molecular formula is C8H10K2O5. The Balaban J connectivity index is -0.000000720. The molecule has 74 valence electrons. The molecule has 0 N–H and O–H groups in total. The van der Waals surface area contributed by atoms with E-state index in [1.165, 1.54) is 5.94 Å². The van der Waals surface area contributed by atoms with Crippen LogP contribution in [-0.2, 0) is 23.9 Å². The number of ether oxygens (including phenoxy) is 2. The fourth-order valence-corrected chi connectivity index (χ4v) is 0.573. The molecule has 0 atom stereocenters. The standard InChI is InChI=1S/C8H10O5.2K/c1-3-12-7(10)6(5-9)8(11)13-4-2;;/h3-4H2,1-2H3;;. The van der Waals surface area contributed by atoms with Crippen molar-refractivity contribution in [2.24, 2.45) is 0 Å². The van der Waals surface area contributed by atoms with Crippen molar-refractivity contribution in [2.75, 3.05) is 13.2 Å². The monoisotopic (exact) mass is 264 g/mol. The Kier molecular flexibility index (Phi) is 20.0. The Hall–Kier alpha value is 1.66. The zero-order chi connectivity index (χ0) is 10.3. The van der Waals surface area contributed by atoms with Crippen LogP contribution in [0.4, 0.5) is 0 Å². The summed E-state index contributed by atoms with van der Waals surface area (Å²) in [5.74, 6) is -0.819. The van der Waals surface area contributed by atoms with Crippen molar-refractivity contribution < 1.29 is 23.9 Å². The van der Waals surface area contributed by atoms with E-state index < -0.39 is 17.5 Å². The average Bonchev–Trinajstić information content (AvgIpc) is 2.06. The van der Waals surface area contributed by atoms with Crippen LogP contribution >= 0.6 is 0 Å². The zero-order valence-corrected chi connectivity index (χ0v) is 15.7. The van der Waals surface area contributed by atoms with E-state index in [4.69, 9.17) is 0 Å². The molecule has 5 nitrogen and oxygen atoms in total. The third kappa shape index (κ3) is 9.37. The molecule has 0 aliphatic carbocycles. The Morgan fingerprint density at radius 3 is 1.53 bits per heavy atom. The first kappa shape index (κ1) is 21.9. The molecule has 0 saturated carbocycles. The molecule has 0 aromatic carbocycles. The first-order valence-corrected chi connectivity index (χ1v) is 3.76. The summed E-state index contributed by atoms with van der Waals surface area (Å²) in [6.07, 6.45) is 0. The van der Waals surface area contributed by atoms with Crippen LogP contribution in [0.15, 0.2) is 5.57 Å². The van der Waals surface area contributed by atoms with E-state index in [1.54, 1.807) is 13.8 Å². The minimum absolute atomic E-state index is 0. The van der Waals surface area contributed by atoms with Crippen LogP contribution < -0.4 is 0 Å². The maximum atomic E-state index is 10.9. The first-order chi connectivity index (χ1) is 6.17. The second-order valence-electron chi connectivity index (χ2n) is 1.92. The topological polar surface area (TPSA) is 69.7 Å². The summed E-state index contributed by atoms with van der Waals surface area (Å²) in [4.78, 5) is 31.9. The van der Waals surface area contributed by atoms with Crippen LogP contribution in [0, 0.1) is 0 Å². The molecule has 0 aliphatic heterocycles. The van der Waals surface area contributed by atoms with Crippen LogP contribution in [0.3, 0.4) is 0 Å². The van der Waals surface area contributed by atoms with Gasteiger partial charge in [0.15, 0.2) is 0 Å². The Labute approximate surface area is 173 Å². The predicted octanol–water partition coefficient (Wildman–Crippen LogP) is -0.891. The molecule has 0 heterocycles. The van der Waals surface area contributed by atoms with Crippen molar-refractivity contribution in [3.05, 3.63) is 5.57 Å². The van der Waals surface area contributed by atoms with Gasteiger partial charge in [0, 0.05) is 103 Å². The summed E-state index contributed by atoms with van der Waals surface area (Å²) in [7, 11) is 0. The van der Waals surface area contributed by atoms with Gasteiger partial charge in [-0.25, -0.2) is 14.4 Å². The van der Waals surface area contributed by atoms with Crippen LogP contribution in [0.25, 0.3) is 0 Å². The molecule has 0 saturated heterocycles. The molecule has 0 aromatic rings. The summed E-state index contributed by atoms with van der Waals surface area (Å²) in [6, 6.07) is 0. The molecule has 0 unspecified atom stereocenters. The van der Waals surface area contributed by atoms with Gasteiger partial charge in [-0.1, -0.05) is 0 Å². The number of hydrogen-bond acceptors (Lipinski definition) is 5. The van der Waals surface area contributed by atoms with Gasteiger partial charge < -0.3 is 9.47 Å². The third-order valence-corrected chi connectivity index (χ3v) is 1.06. The molecule has 0 spiro atoms. The van der Waals surface area contributed by atoms with Gasteiger partial charge >= 0.3 is 11.9 Å². The fraction of sp³-hybridized carbons (Fsp3) is 0.500. The van der Waals surface area contributed by atoms with E-state index in [0.717, 1.165) is 0 Å². The van der Waals surface area contributed by atoms with Gasteiger partial charge in [0.05, 0.1) is 13.2 Å². The molecule has 0 fully saturated rings. The number of rotatable bonds is 4. The van der Waals surface area contributed by atoms with E-state index in [1.807, 2.05) is 0 Å². The number of carbonyl (C=O) groups excluding carboxylic acids is 3. The van der Waals surface area contributed by atoms with Crippen LogP contribution in [-0.4, -0.2) is 134 Å². The summed E-state index contributed by atoms with van der Waals surface area (Å²) in [6.45, 7) is 3.30. The number of hydrogen-bond donors (Lipinski definition) is 0. The Morgan fingerprint density at radius 1 is 1.00 bits per heavy atom. The molecular weight excluding hydrogens is 254 g/mol. The van der Waals surface area contributed by atoms with Crippen molar-refractivity contribution in [3.8, 4) is 0 Å². The maximum absolute atomic E-state index is 10.9. The molecule has 0 aliphatic rings. The fourth-order valence-electron chi connectivity index (χ4n) is 0.573. The van der Waals surface area contributed by atoms with Crippen LogP contribution in [0.1, 0.15) is 13.8 Å². The molecule has 7 heteroatoms. The van der Waals surface area contributed by atoms with Gasteiger partial charge in [0.25, 0.3) is 0 Å². The minimum atomic E-state index is -1.00. The van der Waals surface area contributed by atoms with Crippen LogP contribution in [0.5, 0.6) is 0 Å². The van der Waals surface area contributed by atoms with Crippen LogP contribution in [0.2, 0.25) is 0 Å². The largest absolute Gasteiger partial charge is 0.462 e. The Bertz CT molecular complexity index is 238. The van der Waals surface area contributed by atoms with E-state index in [0.29, 0.717) is 0 Å². The molecule has 0 amide bonds. The normalized spacial score (nSPS) is 7.33. The maximum Gasteiger partial charge on any atom is 0.357 e. The van der Waals surface area contributed by atoms with Crippen molar-refractivity contribution in [1.29, 1.82) is 0 Å². The SMILES string of the molecule is CCOC(=O)C(=C=O)C(=O)OCC.[K].[K]. The van der Waals surface area contributed by atoms with Gasteiger partial charge in [-0.05, 0) is 13.8 Å². The molecule has 0 aromatic heterocycles. The average molecular weight is 264 g/mol. The Morgan fingerprint density at radius 2 is 1.33 bits per heavy atom. The van der Waals surface area contributed by atoms with Crippen molar-refractivity contribution in [1.82, 2.24) is 0 Å². The number of esters is 2. The smallest absolute Gasteiger partial charge is 0.357 e. The molecule has 15 heavy (non-hydrogen) atoms. The van der Waals surface area contributed by atoms with E-state index in [9.17, 15) is 14.4 Å². The van der Waals surface area contributed by atoms with E-state index in [-0.39, 0.29) is 116 Å². The minimum Gasteiger partial charge on any atom is -0.462 e. The first-order valence-electron chi connectivity index (χ1n) is 3.76. The van der Waals surface area contributed by atoms with Gasteiger partial charge in [-0.3, -0.25) is 0 Å². The quantitative estimate of drug-likeness (QED) is 0.164. The zero-order valence-electron chi connectivity index (χ0n) is 9.46. The molecule has 0 bridgehead atoms. The predicted molar refractivity (Wildman–Crippen MR) is 54.0 cm³/mol. The van der Waals surface area contributed by atoms with Crippen molar-refractivity contribution in [3.63, 3.8) is 0 Å². The molecule has 2 radical (unpaired) electrons. The summed E-state index contributed by atoms with van der Waals surface area (Å²) in [5, 5.41) is 0. The van der Waals surface area contributed by atoms with E-state index in [2.05, 4.69) is 9.47 Å². The van der Waals surface area contributed by atoms with Gasteiger partial charge in [-0.15, -0.1) is 0 Å². The second kappa shape index (κ2) is 13.7. The van der Waals surface area contributed by atoms with Crippen molar-refractivity contribution >= 4 is 121 Å². The van der Waals surface area contributed by atoms with E-state index >= 15 is 0 Å². The summed E-state index contributed by atoms with van der Waals surface area (Å²) in [5.41, 5.74) is -0.733. The molecule has 0 rings (SSSR count). The van der Waals surface area contributed by atoms with Gasteiger partial charge in [0.1, 0.15) is 5.94 Å². The van der Waals surface area contributed by atoms with Gasteiger partial charge in [0.2, 0.25) is 5.57 Å². The third-order valence-electron chi connectivity index (χ3n) is 1.06. The second-order valence-corrected chi connectivity index (χ2v) is 1.92. The number of carbonyl (C=O) groups is 2. The summed E-state index contributed by atoms with van der Waals surface area (Å²) < 4.78 is 8.85. The van der Waals surface area contributed by atoms with Crippen molar-refractivity contribution in [2.45, 2.75) is 13.8 Å². The summed E-state index contributed by atoms with van der Waals surface area (Å²) >= 11 is 0.